The summed E-state index contributed by atoms with van der Waals surface area (Å²) in [5, 5.41) is 12.3. The van der Waals surface area contributed by atoms with Crippen LogP contribution in [-0.2, 0) is 17.8 Å². The van der Waals surface area contributed by atoms with E-state index in [1.54, 1.807) is 21.8 Å². The molecule has 180 valence electrons. The second-order valence-electron chi connectivity index (χ2n) is 8.24. The number of fused-ring (bicyclic) bond motifs is 1. The number of para-hydroxylation sites is 1. The van der Waals surface area contributed by atoms with Gasteiger partial charge in [0.2, 0.25) is 0 Å². The molecule has 1 aromatic carbocycles. The van der Waals surface area contributed by atoms with Crippen molar-refractivity contribution >= 4 is 28.4 Å². The van der Waals surface area contributed by atoms with Crippen molar-refractivity contribution in [1.29, 1.82) is 0 Å². The fourth-order valence-corrected chi connectivity index (χ4v) is 4.23. The van der Waals surface area contributed by atoms with Crippen molar-refractivity contribution in [2.24, 2.45) is 0 Å². The van der Waals surface area contributed by atoms with Crippen LogP contribution in [0.4, 0.5) is 5.69 Å². The highest BCUT2D eigenvalue weighted by Gasteiger charge is 2.26. The number of benzene rings is 1. The van der Waals surface area contributed by atoms with Gasteiger partial charge in [0.1, 0.15) is 5.69 Å². The predicted octanol–water partition coefficient (Wildman–Crippen LogP) is 3.06. The van der Waals surface area contributed by atoms with E-state index < -0.39 is 0 Å². The van der Waals surface area contributed by atoms with Gasteiger partial charge < -0.3 is 15.0 Å². The molecule has 0 radical (unpaired) electrons. The van der Waals surface area contributed by atoms with Crippen LogP contribution in [0.1, 0.15) is 34.7 Å². The summed E-state index contributed by atoms with van der Waals surface area (Å²) in [6, 6.07) is 9.27. The Morgan fingerprint density at radius 3 is 2.60 bits per heavy atom. The summed E-state index contributed by atoms with van der Waals surface area (Å²) in [5.41, 5.74) is 3.40. The van der Waals surface area contributed by atoms with E-state index in [1.807, 2.05) is 49.0 Å². The van der Waals surface area contributed by atoms with Crippen molar-refractivity contribution in [2.45, 2.75) is 26.9 Å². The van der Waals surface area contributed by atoms with Crippen LogP contribution in [0.2, 0.25) is 0 Å². The Morgan fingerprint density at radius 1 is 1.06 bits per heavy atom. The van der Waals surface area contributed by atoms with Crippen LogP contribution in [0.3, 0.4) is 0 Å². The number of nitrogens with one attached hydrogen (secondary N) is 1. The molecule has 0 unspecified atom stereocenters. The third kappa shape index (κ3) is 4.40. The second kappa shape index (κ2) is 9.67. The van der Waals surface area contributed by atoms with Crippen molar-refractivity contribution < 1.29 is 14.3 Å². The SMILES string of the molecule is CCn1cc(-c2cc(C(=O)Nc3cnn(CC)c3C(=O)N3CCOCC3)c3ccccc3n2)cn1. The number of ether oxygens (including phenoxy) is 1. The second-order valence-corrected chi connectivity index (χ2v) is 8.24. The summed E-state index contributed by atoms with van der Waals surface area (Å²) >= 11 is 0. The van der Waals surface area contributed by atoms with Crippen molar-refractivity contribution in [2.75, 3.05) is 31.6 Å². The number of aromatic nitrogens is 5. The summed E-state index contributed by atoms with van der Waals surface area (Å²) in [5.74, 6) is -0.505. The molecule has 1 N–H and O–H groups in total. The first kappa shape index (κ1) is 22.7. The van der Waals surface area contributed by atoms with Gasteiger partial charge in [0, 0.05) is 43.3 Å². The quantitative estimate of drug-likeness (QED) is 0.461. The van der Waals surface area contributed by atoms with Crippen LogP contribution in [0.5, 0.6) is 0 Å². The number of amides is 2. The number of aryl methyl sites for hydroxylation is 2. The van der Waals surface area contributed by atoms with Crippen molar-refractivity contribution in [3.8, 4) is 11.3 Å². The molecular formula is C25H27N7O3. The van der Waals surface area contributed by atoms with Crippen LogP contribution < -0.4 is 5.32 Å². The Bertz CT molecular complexity index is 1380. The van der Waals surface area contributed by atoms with E-state index >= 15 is 0 Å². The summed E-state index contributed by atoms with van der Waals surface area (Å²) in [6.07, 6.45) is 5.18. The lowest BCUT2D eigenvalue weighted by Gasteiger charge is -2.27. The minimum Gasteiger partial charge on any atom is -0.378 e. The molecule has 3 aromatic heterocycles. The van der Waals surface area contributed by atoms with E-state index in [1.165, 1.54) is 6.20 Å². The van der Waals surface area contributed by atoms with E-state index in [9.17, 15) is 9.59 Å². The molecule has 0 aliphatic carbocycles. The number of morpholine rings is 1. The van der Waals surface area contributed by atoms with Gasteiger partial charge in [-0.05, 0) is 26.0 Å². The average Bonchev–Trinajstić information content (AvgIpc) is 3.55. The van der Waals surface area contributed by atoms with Crippen LogP contribution in [0.25, 0.3) is 22.2 Å². The summed E-state index contributed by atoms with van der Waals surface area (Å²) in [4.78, 5) is 33.4. The molecule has 5 rings (SSSR count). The number of carbonyl (C=O) groups excluding carboxylic acids is 2. The maximum absolute atomic E-state index is 13.6. The molecule has 1 aliphatic heterocycles. The molecule has 0 bridgehead atoms. The first-order valence-corrected chi connectivity index (χ1v) is 11.8. The largest absolute Gasteiger partial charge is 0.378 e. The molecule has 10 nitrogen and oxygen atoms in total. The highest BCUT2D eigenvalue weighted by Crippen LogP contribution is 2.26. The minimum absolute atomic E-state index is 0.171. The first-order chi connectivity index (χ1) is 17.1. The van der Waals surface area contributed by atoms with Crippen LogP contribution >= 0.6 is 0 Å². The van der Waals surface area contributed by atoms with E-state index in [0.717, 1.165) is 17.5 Å². The maximum Gasteiger partial charge on any atom is 0.274 e. The summed E-state index contributed by atoms with van der Waals surface area (Å²) in [7, 11) is 0. The molecular weight excluding hydrogens is 446 g/mol. The molecule has 0 spiro atoms. The Hall–Kier alpha value is -4.05. The number of hydrogen-bond donors (Lipinski definition) is 1. The Balaban J connectivity index is 1.52. The third-order valence-electron chi connectivity index (χ3n) is 6.10. The molecule has 0 atom stereocenters. The van der Waals surface area contributed by atoms with Gasteiger partial charge >= 0.3 is 0 Å². The summed E-state index contributed by atoms with van der Waals surface area (Å²) in [6.45, 7) is 7.16. The number of carbonyl (C=O) groups is 2. The lowest BCUT2D eigenvalue weighted by Crippen LogP contribution is -2.41. The average molecular weight is 474 g/mol. The molecule has 4 aromatic rings. The first-order valence-electron chi connectivity index (χ1n) is 11.8. The van der Waals surface area contributed by atoms with Crippen molar-refractivity contribution in [3.05, 3.63) is 60.2 Å². The topological polar surface area (TPSA) is 107 Å². The molecule has 2 amide bonds. The zero-order chi connectivity index (χ0) is 24.4. The molecule has 1 aliphatic rings. The molecule has 1 saturated heterocycles. The number of hydrogen-bond acceptors (Lipinski definition) is 6. The Kier molecular flexibility index (Phi) is 6.28. The van der Waals surface area contributed by atoms with Gasteiger partial charge in [-0.3, -0.25) is 19.0 Å². The van der Waals surface area contributed by atoms with E-state index in [4.69, 9.17) is 9.72 Å². The smallest absolute Gasteiger partial charge is 0.274 e. The fraction of sp³-hybridized carbons (Fsp3) is 0.320. The number of anilines is 1. The molecule has 1 fully saturated rings. The molecule has 10 heteroatoms. The van der Waals surface area contributed by atoms with Gasteiger partial charge in [0.25, 0.3) is 11.8 Å². The standard InChI is InChI=1S/C25H27N7O3/c1-3-31-16-17(14-26-31)21-13-19(18-7-5-6-8-20(18)28-21)24(33)29-22-15-27-32(4-2)23(22)25(34)30-9-11-35-12-10-30/h5-8,13-16H,3-4,9-12H2,1-2H3,(H,29,33). The minimum atomic E-state index is -0.334. The number of pyridine rings is 1. The van der Waals surface area contributed by atoms with Crippen LogP contribution in [0, 0.1) is 0 Å². The van der Waals surface area contributed by atoms with E-state index in [2.05, 4.69) is 15.5 Å². The van der Waals surface area contributed by atoms with Gasteiger partial charge in [-0.2, -0.15) is 10.2 Å². The van der Waals surface area contributed by atoms with Crippen molar-refractivity contribution in [1.82, 2.24) is 29.4 Å². The highest BCUT2D eigenvalue weighted by atomic mass is 16.5. The van der Waals surface area contributed by atoms with Gasteiger partial charge in [0.15, 0.2) is 0 Å². The number of nitrogens with zero attached hydrogens (tertiary/aromatic N) is 6. The lowest BCUT2D eigenvalue weighted by molar-refractivity contribution is 0.0295. The van der Waals surface area contributed by atoms with E-state index in [-0.39, 0.29) is 11.8 Å². The maximum atomic E-state index is 13.6. The van der Waals surface area contributed by atoms with Gasteiger partial charge in [-0.1, -0.05) is 18.2 Å². The lowest BCUT2D eigenvalue weighted by atomic mass is 10.0. The third-order valence-corrected chi connectivity index (χ3v) is 6.10. The van der Waals surface area contributed by atoms with Gasteiger partial charge in [-0.15, -0.1) is 0 Å². The van der Waals surface area contributed by atoms with Gasteiger partial charge in [-0.25, -0.2) is 4.98 Å². The Morgan fingerprint density at radius 2 is 1.86 bits per heavy atom. The number of rotatable bonds is 6. The zero-order valence-corrected chi connectivity index (χ0v) is 19.8. The summed E-state index contributed by atoms with van der Waals surface area (Å²) < 4.78 is 8.80. The molecule has 4 heterocycles. The van der Waals surface area contributed by atoms with Crippen molar-refractivity contribution in [3.63, 3.8) is 0 Å². The highest BCUT2D eigenvalue weighted by molar-refractivity contribution is 6.14. The van der Waals surface area contributed by atoms with E-state index in [0.29, 0.717) is 61.0 Å². The Labute approximate surface area is 202 Å². The monoisotopic (exact) mass is 473 g/mol. The van der Waals surface area contributed by atoms with Crippen LogP contribution in [-0.4, -0.2) is 67.6 Å². The molecule has 35 heavy (non-hydrogen) atoms. The predicted molar refractivity (Wildman–Crippen MR) is 131 cm³/mol. The van der Waals surface area contributed by atoms with Crippen LogP contribution in [0.15, 0.2) is 48.9 Å². The zero-order valence-electron chi connectivity index (χ0n) is 19.8. The fourth-order valence-electron chi connectivity index (χ4n) is 4.23. The van der Waals surface area contributed by atoms with Gasteiger partial charge in [0.05, 0.1) is 48.1 Å². The normalized spacial score (nSPS) is 13.8. The molecule has 0 saturated carbocycles.